The van der Waals surface area contributed by atoms with E-state index in [0.717, 1.165) is 24.8 Å². The third-order valence-electron chi connectivity index (χ3n) is 1.06. The van der Waals surface area contributed by atoms with Gasteiger partial charge in [0, 0.05) is 12.2 Å². The number of allylic oxidation sites excluding steroid dienone is 3. The molecule has 16 heavy (non-hydrogen) atoms. The smallest absolute Gasteiger partial charge is 0.338 e. The van der Waals surface area contributed by atoms with Gasteiger partial charge in [-0.25, -0.2) is 9.59 Å². The first-order valence-corrected chi connectivity index (χ1v) is 4.58. The molecular weight excluding hydrogens is 208 g/mol. The lowest BCUT2D eigenvalue weighted by atomic mass is 10.5. The number of rotatable bonds is 2. The summed E-state index contributed by atoms with van der Waals surface area (Å²) in [4.78, 5) is 19.8. The Hall–Kier alpha value is -2.10. The molecule has 0 fully saturated rings. The number of hydrogen-bond donors (Lipinski definition) is 1. The maximum atomic E-state index is 9.92. The molecule has 0 aromatic carbocycles. The number of carbonyl (C=O) groups is 2. The van der Waals surface area contributed by atoms with Crippen LogP contribution in [0.15, 0.2) is 49.8 Å². The van der Waals surface area contributed by atoms with Gasteiger partial charge in [0.05, 0.1) is 6.26 Å². The number of hydrogen-bond acceptors (Lipinski definition) is 4. The molecule has 0 aromatic heterocycles. The molecule has 1 aliphatic rings. The van der Waals surface area contributed by atoms with Crippen LogP contribution in [0.3, 0.4) is 0 Å². The molecule has 0 aliphatic carbocycles. The third-order valence-corrected chi connectivity index (χ3v) is 1.06. The molecule has 1 heterocycles. The largest absolute Gasteiger partial charge is 0.516 e. The summed E-state index contributed by atoms with van der Waals surface area (Å²) < 4.78 is 3.97. The zero-order valence-electron chi connectivity index (χ0n) is 9.26. The molecule has 1 N–H and O–H groups in total. The second-order valence-corrected chi connectivity index (χ2v) is 2.34. The fraction of sp³-hybridized carbons (Fsp3) is 0.167. The van der Waals surface area contributed by atoms with Crippen LogP contribution in [0.4, 0.5) is 0 Å². The molecule has 4 heteroatoms. The highest BCUT2D eigenvalue weighted by atomic mass is 16.6. The second-order valence-electron chi connectivity index (χ2n) is 2.34. The minimum atomic E-state index is -0.579. The first-order valence-electron chi connectivity index (χ1n) is 4.58. The average Bonchev–Trinajstić information content (AvgIpc) is 2.65. The van der Waals surface area contributed by atoms with Gasteiger partial charge in [-0.2, -0.15) is 0 Å². The van der Waals surface area contributed by atoms with Gasteiger partial charge in [-0.3, -0.25) is 0 Å². The molecule has 1 rings (SSSR count). The number of cyclic esters (lactones) is 2. The molecule has 0 saturated carbocycles. The Labute approximate surface area is 95.2 Å². The summed E-state index contributed by atoms with van der Waals surface area (Å²) >= 11 is 0. The van der Waals surface area contributed by atoms with Crippen molar-refractivity contribution in [2.75, 3.05) is 0 Å². The quantitative estimate of drug-likeness (QED) is 0.338. The summed E-state index contributed by atoms with van der Waals surface area (Å²) in [5.41, 5.74) is 0. The monoisotopic (exact) mass is 224 g/mol. The first kappa shape index (κ1) is 16.3. The fourth-order valence-electron chi connectivity index (χ4n) is 0.409. The molecule has 0 aromatic rings. The van der Waals surface area contributed by atoms with Gasteiger partial charge < -0.3 is 9.84 Å². The van der Waals surface area contributed by atoms with Gasteiger partial charge in [0.2, 0.25) is 0 Å². The molecule has 0 radical (unpaired) electrons. The van der Waals surface area contributed by atoms with Crippen LogP contribution in [0.2, 0.25) is 0 Å². The molecule has 88 valence electrons. The van der Waals surface area contributed by atoms with Crippen molar-refractivity contribution in [1.82, 2.24) is 0 Å². The van der Waals surface area contributed by atoms with Crippen LogP contribution in [-0.4, -0.2) is 17.0 Å². The van der Waals surface area contributed by atoms with E-state index in [9.17, 15) is 9.59 Å². The first-order chi connectivity index (χ1) is 7.62. The van der Waals surface area contributed by atoms with Crippen molar-refractivity contribution in [3.8, 4) is 0 Å². The minimum absolute atomic E-state index is 0.579. The standard InChI is InChI=1S/C4H2O3.C4H8O.C4H6/c5-3-1-2-4(6)7-3;1-2-3-4-5;1-3-4-2/h1-2H;3-5H,2H2,1H3;3-4H,1-2H2. The van der Waals surface area contributed by atoms with E-state index in [0.29, 0.717) is 0 Å². The van der Waals surface area contributed by atoms with Gasteiger partial charge in [0.15, 0.2) is 0 Å². The number of ether oxygens (including phenoxy) is 1. The van der Waals surface area contributed by atoms with Crippen molar-refractivity contribution in [3.63, 3.8) is 0 Å². The van der Waals surface area contributed by atoms with E-state index in [1.54, 1.807) is 18.2 Å². The highest BCUT2D eigenvalue weighted by Gasteiger charge is 2.10. The van der Waals surface area contributed by atoms with Crippen LogP contribution >= 0.6 is 0 Å². The van der Waals surface area contributed by atoms with Crippen LogP contribution in [0.1, 0.15) is 13.3 Å². The topological polar surface area (TPSA) is 63.6 Å². The highest BCUT2D eigenvalue weighted by molar-refractivity contribution is 6.04. The summed E-state index contributed by atoms with van der Waals surface area (Å²) in [6.45, 7) is 8.69. The Kier molecular flexibility index (Phi) is 13.2. The van der Waals surface area contributed by atoms with Crippen LogP contribution < -0.4 is 0 Å². The molecule has 0 atom stereocenters. The predicted octanol–water partition coefficient (Wildman–Crippen LogP) is 2.45. The number of aliphatic hydroxyl groups is 1. The van der Waals surface area contributed by atoms with Gasteiger partial charge in [0.25, 0.3) is 0 Å². The zero-order chi connectivity index (χ0) is 12.8. The molecule has 1 aliphatic heterocycles. The Bertz CT molecular complexity index is 265. The Morgan fingerprint density at radius 1 is 1.25 bits per heavy atom. The van der Waals surface area contributed by atoms with Crippen LogP contribution in [-0.2, 0) is 14.3 Å². The summed E-state index contributed by atoms with van der Waals surface area (Å²) in [5, 5.41) is 7.89. The van der Waals surface area contributed by atoms with Gasteiger partial charge >= 0.3 is 11.9 Å². The SMILES string of the molecule is C=CC=C.CCC=CO.O=C1C=CC(=O)O1. The van der Waals surface area contributed by atoms with Crippen molar-refractivity contribution in [1.29, 1.82) is 0 Å². The lowest BCUT2D eigenvalue weighted by Crippen LogP contribution is -1.96. The van der Waals surface area contributed by atoms with E-state index in [1.165, 1.54) is 0 Å². The van der Waals surface area contributed by atoms with E-state index in [-0.39, 0.29) is 0 Å². The third kappa shape index (κ3) is 14.4. The molecule has 0 amide bonds. The molecular formula is C12H16O4. The van der Waals surface area contributed by atoms with Crippen LogP contribution in [0.25, 0.3) is 0 Å². The summed E-state index contributed by atoms with van der Waals surface area (Å²) in [6, 6.07) is 0. The summed E-state index contributed by atoms with van der Waals surface area (Å²) in [7, 11) is 0. The van der Waals surface area contributed by atoms with Crippen molar-refractivity contribution < 1.29 is 19.4 Å². The van der Waals surface area contributed by atoms with E-state index < -0.39 is 11.9 Å². The molecule has 0 spiro atoms. The molecule has 0 bridgehead atoms. The van der Waals surface area contributed by atoms with Crippen molar-refractivity contribution in [2.24, 2.45) is 0 Å². The second kappa shape index (κ2) is 12.9. The van der Waals surface area contributed by atoms with Crippen molar-refractivity contribution in [2.45, 2.75) is 13.3 Å². The zero-order valence-corrected chi connectivity index (χ0v) is 9.26. The van der Waals surface area contributed by atoms with Crippen molar-refractivity contribution in [3.05, 3.63) is 49.8 Å². The molecule has 0 saturated heterocycles. The maximum absolute atomic E-state index is 9.92. The van der Waals surface area contributed by atoms with Gasteiger partial charge in [-0.05, 0) is 6.42 Å². The predicted molar refractivity (Wildman–Crippen MR) is 62.7 cm³/mol. The molecule has 4 nitrogen and oxygen atoms in total. The minimum Gasteiger partial charge on any atom is -0.516 e. The lowest BCUT2D eigenvalue weighted by Gasteiger charge is -1.80. The highest BCUT2D eigenvalue weighted by Crippen LogP contribution is 1.92. The summed E-state index contributed by atoms with van der Waals surface area (Å²) in [6.07, 6.45) is 9.10. The van der Waals surface area contributed by atoms with E-state index in [2.05, 4.69) is 17.9 Å². The van der Waals surface area contributed by atoms with Crippen LogP contribution in [0.5, 0.6) is 0 Å². The maximum Gasteiger partial charge on any atom is 0.338 e. The van der Waals surface area contributed by atoms with Gasteiger partial charge in [0.1, 0.15) is 0 Å². The van der Waals surface area contributed by atoms with Gasteiger partial charge in [-0.15, -0.1) is 0 Å². The number of carbonyl (C=O) groups excluding carboxylic acids is 2. The number of esters is 2. The lowest BCUT2D eigenvalue weighted by molar-refractivity contribution is -0.150. The normalized spacial score (nSPS) is 12.1. The Morgan fingerprint density at radius 3 is 1.75 bits per heavy atom. The Balaban J connectivity index is 0. The Morgan fingerprint density at radius 2 is 1.69 bits per heavy atom. The molecule has 0 unspecified atom stereocenters. The van der Waals surface area contributed by atoms with Crippen molar-refractivity contribution >= 4 is 11.9 Å². The number of aliphatic hydroxyl groups excluding tert-OH is 1. The fourth-order valence-corrected chi connectivity index (χ4v) is 0.409. The van der Waals surface area contributed by atoms with E-state index in [4.69, 9.17) is 5.11 Å². The average molecular weight is 224 g/mol. The van der Waals surface area contributed by atoms with E-state index >= 15 is 0 Å². The van der Waals surface area contributed by atoms with Gasteiger partial charge in [-0.1, -0.05) is 38.3 Å². The summed E-state index contributed by atoms with van der Waals surface area (Å²) in [5.74, 6) is -1.16. The van der Waals surface area contributed by atoms with Crippen LogP contribution in [0, 0.1) is 0 Å². The van der Waals surface area contributed by atoms with E-state index in [1.807, 2.05) is 6.92 Å².